The monoisotopic (exact) mass is 253 g/mol. The summed E-state index contributed by atoms with van der Waals surface area (Å²) in [6.07, 6.45) is 0. The zero-order valence-electron chi connectivity index (χ0n) is 11.0. The Labute approximate surface area is 104 Å². The van der Waals surface area contributed by atoms with Crippen LogP contribution in [0, 0.1) is 13.8 Å². The van der Waals surface area contributed by atoms with E-state index in [1.807, 2.05) is 0 Å². The number of pyridine rings is 1. The number of ether oxygens (including phenoxy) is 2. The number of methoxy groups -OCH3 is 2. The van der Waals surface area contributed by atoms with Crippen molar-refractivity contribution in [1.82, 2.24) is 4.57 Å². The van der Waals surface area contributed by atoms with Crippen molar-refractivity contribution in [3.05, 3.63) is 32.7 Å². The number of carbonyl (C=O) groups is 2. The molecule has 0 bridgehead atoms. The molecule has 18 heavy (non-hydrogen) atoms. The maximum Gasteiger partial charge on any atom is 0.343 e. The molecule has 1 heterocycles. The zero-order chi connectivity index (χ0) is 14.0. The third-order valence-electron chi connectivity index (χ3n) is 2.96. The Balaban J connectivity index is 3.76. The van der Waals surface area contributed by atoms with Gasteiger partial charge in [-0.15, -0.1) is 0 Å². The van der Waals surface area contributed by atoms with Crippen molar-refractivity contribution < 1.29 is 19.1 Å². The van der Waals surface area contributed by atoms with E-state index in [1.165, 1.54) is 14.2 Å². The minimum Gasteiger partial charge on any atom is -0.465 e. The van der Waals surface area contributed by atoms with Gasteiger partial charge < -0.3 is 14.0 Å². The Morgan fingerprint density at radius 2 is 1.28 bits per heavy atom. The molecular weight excluding hydrogens is 238 g/mol. The van der Waals surface area contributed by atoms with E-state index < -0.39 is 17.4 Å². The number of nitrogens with zero attached hydrogens (tertiary/aromatic N) is 1. The van der Waals surface area contributed by atoms with E-state index in [2.05, 4.69) is 9.47 Å². The van der Waals surface area contributed by atoms with Crippen molar-refractivity contribution >= 4 is 11.9 Å². The van der Waals surface area contributed by atoms with E-state index >= 15 is 0 Å². The first kappa shape index (κ1) is 14.0. The molecule has 0 radical (unpaired) electrons. The molecular formula is C12H15NO5. The lowest BCUT2D eigenvalue weighted by Gasteiger charge is -2.15. The van der Waals surface area contributed by atoms with E-state index in [9.17, 15) is 14.4 Å². The molecule has 0 amide bonds. The lowest BCUT2D eigenvalue weighted by Crippen LogP contribution is -2.30. The predicted molar refractivity (Wildman–Crippen MR) is 63.8 cm³/mol. The highest BCUT2D eigenvalue weighted by Gasteiger charge is 2.25. The van der Waals surface area contributed by atoms with Crippen LogP contribution in [0.5, 0.6) is 0 Å². The summed E-state index contributed by atoms with van der Waals surface area (Å²) in [4.78, 5) is 35.3. The molecule has 0 saturated heterocycles. The molecule has 0 fully saturated rings. The number of esters is 2. The highest BCUT2D eigenvalue weighted by Crippen LogP contribution is 2.12. The average Bonchev–Trinajstić information content (AvgIpc) is 2.35. The van der Waals surface area contributed by atoms with Crippen LogP contribution in [0.15, 0.2) is 4.79 Å². The zero-order valence-corrected chi connectivity index (χ0v) is 11.0. The van der Waals surface area contributed by atoms with Crippen molar-refractivity contribution in [2.24, 2.45) is 7.05 Å². The van der Waals surface area contributed by atoms with Gasteiger partial charge in [-0.05, 0) is 13.8 Å². The summed E-state index contributed by atoms with van der Waals surface area (Å²) in [5.41, 5.74) is -0.0761. The third kappa shape index (κ3) is 2.01. The van der Waals surface area contributed by atoms with Crippen molar-refractivity contribution in [3.8, 4) is 0 Å². The van der Waals surface area contributed by atoms with Crippen molar-refractivity contribution in [3.63, 3.8) is 0 Å². The fraction of sp³-hybridized carbons (Fsp3) is 0.417. The lowest BCUT2D eigenvalue weighted by molar-refractivity contribution is 0.0593. The highest BCUT2D eigenvalue weighted by molar-refractivity contribution is 5.96. The van der Waals surface area contributed by atoms with Crippen LogP contribution in [0.3, 0.4) is 0 Å². The van der Waals surface area contributed by atoms with E-state index in [0.29, 0.717) is 11.4 Å². The molecule has 0 N–H and O–H groups in total. The van der Waals surface area contributed by atoms with Gasteiger partial charge in [0.25, 0.3) is 0 Å². The number of rotatable bonds is 2. The fourth-order valence-corrected chi connectivity index (χ4v) is 1.73. The van der Waals surface area contributed by atoms with Gasteiger partial charge in [-0.2, -0.15) is 0 Å². The number of aromatic nitrogens is 1. The second-order valence-corrected chi connectivity index (χ2v) is 3.79. The third-order valence-corrected chi connectivity index (χ3v) is 2.96. The topological polar surface area (TPSA) is 74.6 Å². The van der Waals surface area contributed by atoms with E-state index in [4.69, 9.17) is 0 Å². The number of hydrogen-bond donors (Lipinski definition) is 0. The summed E-state index contributed by atoms with van der Waals surface area (Å²) in [5.74, 6) is -1.53. The van der Waals surface area contributed by atoms with Crippen molar-refractivity contribution in [2.45, 2.75) is 13.8 Å². The first-order valence-electron chi connectivity index (χ1n) is 5.23. The Hall–Kier alpha value is -2.11. The molecule has 1 aromatic heterocycles. The van der Waals surface area contributed by atoms with E-state index in [0.717, 1.165) is 0 Å². The molecule has 0 saturated carbocycles. The molecule has 0 aliphatic heterocycles. The largest absolute Gasteiger partial charge is 0.465 e. The first-order chi connectivity index (χ1) is 8.36. The van der Waals surface area contributed by atoms with Gasteiger partial charge in [-0.1, -0.05) is 0 Å². The maximum atomic E-state index is 12.1. The van der Waals surface area contributed by atoms with Crippen LogP contribution in [0.2, 0.25) is 0 Å². The molecule has 0 aliphatic carbocycles. The lowest BCUT2D eigenvalue weighted by atomic mass is 10.1. The van der Waals surface area contributed by atoms with Crippen molar-refractivity contribution in [1.29, 1.82) is 0 Å². The summed E-state index contributed by atoms with van der Waals surface area (Å²) in [5, 5.41) is 0. The Kier molecular flexibility index (Phi) is 3.90. The van der Waals surface area contributed by atoms with Crippen LogP contribution in [0.4, 0.5) is 0 Å². The molecule has 6 nitrogen and oxygen atoms in total. The van der Waals surface area contributed by atoms with Gasteiger partial charge in [0.05, 0.1) is 14.2 Å². The Morgan fingerprint density at radius 3 is 1.56 bits per heavy atom. The number of hydrogen-bond acceptors (Lipinski definition) is 5. The normalized spacial score (nSPS) is 10.1. The standard InChI is InChI=1S/C12H15NO5/c1-6-8(11(15)17-4)10(14)9(12(16)18-5)7(2)13(6)3/h1-5H3. The molecule has 6 heteroatoms. The van der Waals surface area contributed by atoms with Crippen LogP contribution < -0.4 is 5.43 Å². The molecule has 1 rings (SSSR count). The van der Waals surface area contributed by atoms with Gasteiger partial charge in [-0.25, -0.2) is 9.59 Å². The average molecular weight is 253 g/mol. The smallest absolute Gasteiger partial charge is 0.343 e. The van der Waals surface area contributed by atoms with E-state index in [1.54, 1.807) is 25.5 Å². The predicted octanol–water partition coefficient (Wildman–Crippen LogP) is 0.575. The summed E-state index contributed by atoms with van der Waals surface area (Å²) in [7, 11) is 4.01. The van der Waals surface area contributed by atoms with Crippen LogP contribution in [0.1, 0.15) is 32.1 Å². The van der Waals surface area contributed by atoms with Crippen LogP contribution in [-0.2, 0) is 16.5 Å². The minimum absolute atomic E-state index is 0.147. The van der Waals surface area contributed by atoms with Crippen LogP contribution in [-0.4, -0.2) is 30.7 Å². The van der Waals surface area contributed by atoms with Gasteiger partial charge in [0.2, 0.25) is 5.43 Å². The van der Waals surface area contributed by atoms with Gasteiger partial charge in [0, 0.05) is 18.4 Å². The van der Waals surface area contributed by atoms with E-state index in [-0.39, 0.29) is 11.1 Å². The molecule has 0 aromatic carbocycles. The second kappa shape index (κ2) is 5.03. The minimum atomic E-state index is -0.766. The SMILES string of the molecule is COC(=O)c1c(C)n(C)c(C)c(C(=O)OC)c1=O. The summed E-state index contributed by atoms with van der Waals surface area (Å²) in [6, 6.07) is 0. The van der Waals surface area contributed by atoms with Gasteiger partial charge in [0.15, 0.2) is 0 Å². The van der Waals surface area contributed by atoms with Crippen LogP contribution in [0.25, 0.3) is 0 Å². The molecule has 0 spiro atoms. The number of carbonyl (C=O) groups excluding carboxylic acids is 2. The van der Waals surface area contributed by atoms with Crippen molar-refractivity contribution in [2.75, 3.05) is 14.2 Å². The summed E-state index contributed by atoms with van der Waals surface area (Å²) < 4.78 is 10.7. The van der Waals surface area contributed by atoms with Gasteiger partial charge >= 0.3 is 11.9 Å². The summed E-state index contributed by atoms with van der Waals surface area (Å²) in [6.45, 7) is 3.23. The Morgan fingerprint density at radius 1 is 0.944 bits per heavy atom. The molecule has 0 atom stereocenters. The molecule has 0 aliphatic rings. The van der Waals surface area contributed by atoms with Crippen LogP contribution >= 0.6 is 0 Å². The molecule has 1 aromatic rings. The fourth-order valence-electron chi connectivity index (χ4n) is 1.73. The first-order valence-corrected chi connectivity index (χ1v) is 5.23. The highest BCUT2D eigenvalue weighted by atomic mass is 16.5. The van der Waals surface area contributed by atoms with Gasteiger partial charge in [-0.3, -0.25) is 4.79 Å². The quantitative estimate of drug-likeness (QED) is 0.720. The molecule has 0 unspecified atom stereocenters. The summed E-state index contributed by atoms with van der Waals surface area (Å²) >= 11 is 0. The Bertz CT molecular complexity index is 525. The van der Waals surface area contributed by atoms with Gasteiger partial charge in [0.1, 0.15) is 11.1 Å². The molecule has 98 valence electrons. The second-order valence-electron chi connectivity index (χ2n) is 3.79. The maximum absolute atomic E-state index is 12.1.